The number of carbonyl (C=O) groups is 1. The van der Waals surface area contributed by atoms with Crippen LogP contribution in [0.5, 0.6) is 0 Å². The monoisotopic (exact) mass is 366 g/mol. The zero-order valence-corrected chi connectivity index (χ0v) is 15.7. The maximum absolute atomic E-state index is 12.6. The summed E-state index contributed by atoms with van der Waals surface area (Å²) in [5, 5.41) is 3.78. The maximum atomic E-state index is 12.6. The van der Waals surface area contributed by atoms with Crippen molar-refractivity contribution in [2.75, 3.05) is 33.4 Å². The lowest BCUT2D eigenvalue weighted by molar-refractivity contribution is 0.0740. The van der Waals surface area contributed by atoms with Crippen LogP contribution < -0.4 is 5.32 Å². The van der Waals surface area contributed by atoms with Crippen LogP contribution in [0.4, 0.5) is 4.79 Å². The van der Waals surface area contributed by atoms with E-state index >= 15 is 0 Å². The number of rotatable bonds is 5. The van der Waals surface area contributed by atoms with Gasteiger partial charge in [0.1, 0.15) is 6.10 Å². The molecule has 0 spiro atoms. The molecular weight excluding hydrogens is 340 g/mol. The van der Waals surface area contributed by atoms with Crippen LogP contribution in [-0.4, -0.2) is 50.4 Å². The van der Waals surface area contributed by atoms with Gasteiger partial charge in [0.05, 0.1) is 6.04 Å². The first kappa shape index (κ1) is 18.5. The molecule has 3 rings (SSSR count). The number of benzene rings is 1. The lowest BCUT2D eigenvalue weighted by Crippen LogP contribution is -2.45. The summed E-state index contributed by atoms with van der Waals surface area (Å²) in [4.78, 5) is 14.6. The van der Waals surface area contributed by atoms with E-state index in [1.54, 1.807) is 7.11 Å². The van der Waals surface area contributed by atoms with Crippen LogP contribution in [0.15, 0.2) is 24.3 Å². The van der Waals surface area contributed by atoms with Gasteiger partial charge in [-0.2, -0.15) is 0 Å². The van der Waals surface area contributed by atoms with Gasteiger partial charge in [-0.15, -0.1) is 0 Å². The first-order valence-corrected chi connectivity index (χ1v) is 9.37. The average Bonchev–Trinajstić information content (AvgIpc) is 3.28. The summed E-state index contributed by atoms with van der Waals surface area (Å²) in [6.45, 7) is 5.32. The number of amides is 2. The highest BCUT2D eigenvalue weighted by molar-refractivity contribution is 6.30. The molecule has 2 fully saturated rings. The largest absolute Gasteiger partial charge is 0.381 e. The van der Waals surface area contributed by atoms with Crippen LogP contribution in [0.25, 0.3) is 0 Å². The normalized spacial score (nSPS) is 25.8. The summed E-state index contributed by atoms with van der Waals surface area (Å²) in [6.07, 6.45) is 1.99. The van der Waals surface area contributed by atoms with Crippen molar-refractivity contribution < 1.29 is 14.3 Å². The number of hydrogen-bond donors (Lipinski definition) is 1. The zero-order valence-electron chi connectivity index (χ0n) is 14.9. The molecule has 4 unspecified atom stereocenters. The van der Waals surface area contributed by atoms with Crippen LogP contribution in [0.2, 0.25) is 5.02 Å². The third-order valence-electron chi connectivity index (χ3n) is 5.40. The van der Waals surface area contributed by atoms with Crippen molar-refractivity contribution in [3.63, 3.8) is 0 Å². The Morgan fingerprint density at radius 1 is 1.32 bits per heavy atom. The predicted molar refractivity (Wildman–Crippen MR) is 97.8 cm³/mol. The molecule has 1 N–H and O–H groups in total. The Kier molecular flexibility index (Phi) is 6.20. The molecule has 0 aromatic heterocycles. The van der Waals surface area contributed by atoms with Gasteiger partial charge in [-0.1, -0.05) is 23.7 Å². The molecule has 2 aliphatic heterocycles. The smallest absolute Gasteiger partial charge is 0.317 e. The van der Waals surface area contributed by atoms with Crippen LogP contribution in [0, 0.1) is 11.8 Å². The second-order valence-corrected chi connectivity index (χ2v) is 7.50. The summed E-state index contributed by atoms with van der Waals surface area (Å²) in [5.74, 6) is 1.18. The summed E-state index contributed by atoms with van der Waals surface area (Å²) in [6, 6.07) is 7.41. The van der Waals surface area contributed by atoms with E-state index in [0.29, 0.717) is 16.9 Å². The van der Waals surface area contributed by atoms with E-state index in [-0.39, 0.29) is 18.2 Å². The molecule has 1 aromatic rings. The Morgan fingerprint density at radius 3 is 2.72 bits per heavy atom. The molecule has 2 amide bonds. The lowest BCUT2D eigenvalue weighted by Gasteiger charge is -2.27. The quantitative estimate of drug-likeness (QED) is 0.867. The van der Waals surface area contributed by atoms with E-state index < -0.39 is 0 Å². The number of nitrogens with zero attached hydrogens (tertiary/aromatic N) is 1. The molecule has 4 atom stereocenters. The molecule has 2 heterocycles. The van der Waals surface area contributed by atoms with Gasteiger partial charge >= 0.3 is 6.03 Å². The van der Waals surface area contributed by atoms with Gasteiger partial charge in [-0.05, 0) is 49.3 Å². The third kappa shape index (κ3) is 4.46. The highest BCUT2D eigenvalue weighted by Crippen LogP contribution is 2.30. The van der Waals surface area contributed by atoms with Crippen molar-refractivity contribution in [2.45, 2.75) is 31.9 Å². The summed E-state index contributed by atoms with van der Waals surface area (Å²) < 4.78 is 11.1. The summed E-state index contributed by atoms with van der Waals surface area (Å²) in [5.41, 5.74) is 1.00. The number of methoxy groups -OCH3 is 1. The van der Waals surface area contributed by atoms with Crippen LogP contribution in [0.3, 0.4) is 0 Å². The highest BCUT2D eigenvalue weighted by atomic mass is 35.5. The maximum Gasteiger partial charge on any atom is 0.317 e. The van der Waals surface area contributed by atoms with Crippen molar-refractivity contribution in [1.29, 1.82) is 0 Å². The van der Waals surface area contributed by atoms with Gasteiger partial charge in [0.15, 0.2) is 0 Å². The molecule has 5 nitrogen and oxygen atoms in total. The average molecular weight is 367 g/mol. The van der Waals surface area contributed by atoms with Crippen LogP contribution >= 0.6 is 11.6 Å². The third-order valence-corrected chi connectivity index (χ3v) is 5.65. The molecule has 1 aromatic carbocycles. The minimum absolute atomic E-state index is 0.00933. The van der Waals surface area contributed by atoms with E-state index in [2.05, 4.69) is 5.32 Å². The molecule has 2 saturated heterocycles. The van der Waals surface area contributed by atoms with Crippen LogP contribution in [0.1, 0.15) is 31.4 Å². The van der Waals surface area contributed by atoms with Gasteiger partial charge in [-0.3, -0.25) is 0 Å². The number of ether oxygens (including phenoxy) is 2. The van der Waals surface area contributed by atoms with Crippen molar-refractivity contribution in [1.82, 2.24) is 10.2 Å². The minimum atomic E-state index is -0.206. The zero-order chi connectivity index (χ0) is 17.8. The topological polar surface area (TPSA) is 50.8 Å². The molecule has 0 radical (unpaired) electrons. The number of carbonyl (C=O) groups excluding carboxylic acids is 1. The molecule has 0 aliphatic carbocycles. The highest BCUT2D eigenvalue weighted by Gasteiger charge is 2.34. The van der Waals surface area contributed by atoms with Gasteiger partial charge < -0.3 is 19.7 Å². The van der Waals surface area contributed by atoms with Gasteiger partial charge in [0.25, 0.3) is 0 Å². The van der Waals surface area contributed by atoms with E-state index in [1.165, 1.54) is 0 Å². The van der Waals surface area contributed by atoms with Gasteiger partial charge in [0, 0.05) is 38.4 Å². The SMILES string of the molecule is COC(c1ccc(Cl)cc1)C(C)NC(=O)N1CCC(C2CCOC2)C1. The fourth-order valence-corrected chi connectivity index (χ4v) is 4.05. The van der Waals surface area contributed by atoms with E-state index in [1.807, 2.05) is 36.1 Å². The second kappa shape index (κ2) is 8.39. The summed E-state index contributed by atoms with van der Waals surface area (Å²) >= 11 is 5.95. The Hall–Kier alpha value is -1.30. The fourth-order valence-electron chi connectivity index (χ4n) is 3.92. The Labute approximate surface area is 154 Å². The first-order valence-electron chi connectivity index (χ1n) is 9.00. The van der Waals surface area contributed by atoms with Crippen molar-refractivity contribution in [3.8, 4) is 0 Å². The number of hydrogen-bond acceptors (Lipinski definition) is 3. The second-order valence-electron chi connectivity index (χ2n) is 7.06. The van der Waals surface area contributed by atoms with Crippen molar-refractivity contribution in [3.05, 3.63) is 34.9 Å². The molecule has 6 heteroatoms. The Bertz CT molecular complexity index is 575. The molecule has 0 saturated carbocycles. The van der Waals surface area contributed by atoms with Crippen molar-refractivity contribution >= 4 is 17.6 Å². The Balaban J connectivity index is 1.55. The fraction of sp³-hybridized carbons (Fsp3) is 0.632. The number of nitrogens with one attached hydrogen (secondary N) is 1. The number of halogens is 1. The van der Waals surface area contributed by atoms with Gasteiger partial charge in [0.2, 0.25) is 0 Å². The molecule has 2 aliphatic rings. The van der Waals surface area contributed by atoms with Crippen LogP contribution in [-0.2, 0) is 9.47 Å². The molecular formula is C19H27ClN2O3. The minimum Gasteiger partial charge on any atom is -0.381 e. The predicted octanol–water partition coefficient (Wildman–Crippen LogP) is 3.48. The van der Waals surface area contributed by atoms with E-state index in [0.717, 1.165) is 44.7 Å². The Morgan fingerprint density at radius 2 is 2.08 bits per heavy atom. The molecule has 0 bridgehead atoms. The summed E-state index contributed by atoms with van der Waals surface area (Å²) in [7, 11) is 1.66. The first-order chi connectivity index (χ1) is 12.1. The standard InChI is InChI=1S/C19H27ClN2O3/c1-13(18(24-2)14-3-5-17(20)6-4-14)21-19(23)22-9-7-15(11-22)16-8-10-25-12-16/h3-6,13,15-16,18H,7-12H2,1-2H3,(H,21,23). The van der Waals surface area contributed by atoms with Gasteiger partial charge in [-0.25, -0.2) is 4.79 Å². The van der Waals surface area contributed by atoms with E-state index in [9.17, 15) is 4.79 Å². The molecule has 25 heavy (non-hydrogen) atoms. The lowest BCUT2D eigenvalue weighted by atomic mass is 9.91. The number of urea groups is 1. The van der Waals surface area contributed by atoms with Crippen molar-refractivity contribution in [2.24, 2.45) is 11.8 Å². The number of likely N-dealkylation sites (tertiary alicyclic amines) is 1. The van der Waals surface area contributed by atoms with E-state index in [4.69, 9.17) is 21.1 Å². The molecule has 138 valence electrons.